The Kier molecular flexibility index (Phi) is 3.77. The Balaban J connectivity index is 1.42. The van der Waals surface area contributed by atoms with Gasteiger partial charge < -0.3 is 5.32 Å². The summed E-state index contributed by atoms with van der Waals surface area (Å²) >= 11 is 0. The third kappa shape index (κ3) is 3.01. The van der Waals surface area contributed by atoms with Gasteiger partial charge in [0.2, 0.25) is 0 Å². The van der Waals surface area contributed by atoms with E-state index in [0.717, 1.165) is 32.2 Å². The van der Waals surface area contributed by atoms with E-state index in [1.807, 2.05) is 0 Å². The number of nitrogens with zero attached hydrogens (tertiary/aromatic N) is 1. The van der Waals surface area contributed by atoms with Gasteiger partial charge in [0, 0.05) is 32.2 Å². The lowest BCUT2D eigenvalue weighted by Crippen LogP contribution is -2.36. The van der Waals surface area contributed by atoms with Crippen molar-refractivity contribution in [2.75, 3.05) is 19.6 Å². The first-order valence-corrected chi connectivity index (χ1v) is 7.08. The molecule has 0 atom stereocenters. The lowest BCUT2D eigenvalue weighted by molar-refractivity contribution is 0.327. The van der Waals surface area contributed by atoms with Crippen LogP contribution in [0.3, 0.4) is 0 Å². The zero-order valence-electron chi connectivity index (χ0n) is 10.9. The maximum atomic E-state index is 3.65. The molecule has 1 N–H and O–H groups in total. The number of hydrogen-bond donors (Lipinski definition) is 1. The van der Waals surface area contributed by atoms with Crippen molar-refractivity contribution in [3.63, 3.8) is 0 Å². The Bertz CT molecular complexity index is 406. The molecule has 1 heterocycles. The SMILES string of the molecule is C1=C(CNC2CCC2)CN(Cc2ccccc2)C1. The molecule has 96 valence electrons. The highest BCUT2D eigenvalue weighted by atomic mass is 15.1. The summed E-state index contributed by atoms with van der Waals surface area (Å²) in [6.07, 6.45) is 6.56. The highest BCUT2D eigenvalue weighted by molar-refractivity contribution is 5.18. The number of nitrogens with one attached hydrogen (secondary N) is 1. The summed E-state index contributed by atoms with van der Waals surface area (Å²) in [5.74, 6) is 0. The topological polar surface area (TPSA) is 15.3 Å². The Morgan fingerprint density at radius 1 is 1.17 bits per heavy atom. The third-order valence-electron chi connectivity index (χ3n) is 4.04. The summed E-state index contributed by atoms with van der Waals surface area (Å²) in [6, 6.07) is 11.6. The van der Waals surface area contributed by atoms with E-state index in [-0.39, 0.29) is 0 Å². The van der Waals surface area contributed by atoms with Crippen molar-refractivity contribution in [2.24, 2.45) is 0 Å². The molecule has 0 unspecified atom stereocenters. The van der Waals surface area contributed by atoms with Crippen LogP contribution in [0, 0.1) is 0 Å². The first kappa shape index (κ1) is 11.9. The fourth-order valence-corrected chi connectivity index (χ4v) is 2.65. The molecule has 2 nitrogen and oxygen atoms in total. The Morgan fingerprint density at radius 3 is 2.72 bits per heavy atom. The standard InChI is InChI=1S/C16H22N2/c1-2-5-14(6-3-1)12-18-10-9-15(13-18)11-17-16-7-4-8-16/h1-3,5-6,9,16-17H,4,7-8,10-13H2. The molecule has 1 fully saturated rings. The molecule has 2 heteroatoms. The fourth-order valence-electron chi connectivity index (χ4n) is 2.65. The predicted molar refractivity (Wildman–Crippen MR) is 75.4 cm³/mol. The molecule has 1 aromatic carbocycles. The molecular weight excluding hydrogens is 220 g/mol. The predicted octanol–water partition coefficient (Wildman–Crippen LogP) is 2.57. The second kappa shape index (κ2) is 5.68. The molecule has 0 saturated heterocycles. The molecule has 0 bridgehead atoms. The van der Waals surface area contributed by atoms with Gasteiger partial charge in [-0.2, -0.15) is 0 Å². The van der Waals surface area contributed by atoms with E-state index in [1.54, 1.807) is 5.57 Å². The van der Waals surface area contributed by atoms with E-state index in [2.05, 4.69) is 46.6 Å². The van der Waals surface area contributed by atoms with Crippen molar-refractivity contribution in [1.29, 1.82) is 0 Å². The molecule has 2 aliphatic rings. The largest absolute Gasteiger partial charge is 0.310 e. The van der Waals surface area contributed by atoms with Crippen molar-refractivity contribution in [3.8, 4) is 0 Å². The first-order valence-electron chi connectivity index (χ1n) is 7.08. The molecule has 0 amide bonds. The van der Waals surface area contributed by atoms with Crippen LogP contribution in [0.2, 0.25) is 0 Å². The van der Waals surface area contributed by atoms with Crippen LogP contribution in [0.4, 0.5) is 0 Å². The van der Waals surface area contributed by atoms with E-state index in [0.29, 0.717) is 0 Å². The first-order chi connectivity index (χ1) is 8.90. The van der Waals surface area contributed by atoms with Gasteiger partial charge in [0.05, 0.1) is 0 Å². The summed E-state index contributed by atoms with van der Waals surface area (Å²) in [4.78, 5) is 2.51. The monoisotopic (exact) mass is 242 g/mol. The van der Waals surface area contributed by atoms with Crippen molar-refractivity contribution in [1.82, 2.24) is 10.2 Å². The average Bonchev–Trinajstić information content (AvgIpc) is 2.76. The van der Waals surface area contributed by atoms with E-state index in [4.69, 9.17) is 0 Å². The molecule has 1 aliphatic heterocycles. The lowest BCUT2D eigenvalue weighted by atomic mass is 9.93. The minimum Gasteiger partial charge on any atom is -0.310 e. The Hall–Kier alpha value is -1.12. The number of benzene rings is 1. The molecule has 1 saturated carbocycles. The summed E-state index contributed by atoms with van der Waals surface area (Å²) in [7, 11) is 0. The van der Waals surface area contributed by atoms with Crippen LogP contribution in [0.15, 0.2) is 42.0 Å². The van der Waals surface area contributed by atoms with Crippen molar-refractivity contribution < 1.29 is 0 Å². The average molecular weight is 242 g/mol. The van der Waals surface area contributed by atoms with Gasteiger partial charge in [-0.3, -0.25) is 4.90 Å². The Morgan fingerprint density at radius 2 is 2.00 bits per heavy atom. The van der Waals surface area contributed by atoms with Crippen LogP contribution in [-0.2, 0) is 6.54 Å². The molecule has 1 aliphatic carbocycles. The second-order valence-electron chi connectivity index (χ2n) is 5.53. The van der Waals surface area contributed by atoms with Gasteiger partial charge in [0.1, 0.15) is 0 Å². The minimum atomic E-state index is 0.800. The van der Waals surface area contributed by atoms with Crippen molar-refractivity contribution >= 4 is 0 Å². The lowest BCUT2D eigenvalue weighted by Gasteiger charge is -2.27. The van der Waals surface area contributed by atoms with Crippen LogP contribution in [-0.4, -0.2) is 30.6 Å². The van der Waals surface area contributed by atoms with Crippen LogP contribution in [0.5, 0.6) is 0 Å². The van der Waals surface area contributed by atoms with Crippen molar-refractivity contribution in [2.45, 2.75) is 31.8 Å². The van der Waals surface area contributed by atoms with Gasteiger partial charge in [0.25, 0.3) is 0 Å². The van der Waals surface area contributed by atoms with Crippen molar-refractivity contribution in [3.05, 3.63) is 47.5 Å². The highest BCUT2D eigenvalue weighted by Crippen LogP contribution is 2.19. The van der Waals surface area contributed by atoms with E-state index in [1.165, 1.54) is 24.8 Å². The summed E-state index contributed by atoms with van der Waals surface area (Å²) in [6.45, 7) is 4.41. The van der Waals surface area contributed by atoms with Crippen LogP contribution < -0.4 is 5.32 Å². The van der Waals surface area contributed by atoms with E-state index >= 15 is 0 Å². The molecule has 18 heavy (non-hydrogen) atoms. The molecule has 3 rings (SSSR count). The quantitative estimate of drug-likeness (QED) is 0.798. The summed E-state index contributed by atoms with van der Waals surface area (Å²) < 4.78 is 0. The highest BCUT2D eigenvalue weighted by Gasteiger charge is 2.19. The van der Waals surface area contributed by atoms with E-state index < -0.39 is 0 Å². The second-order valence-corrected chi connectivity index (χ2v) is 5.53. The molecule has 0 spiro atoms. The fraction of sp³-hybridized carbons (Fsp3) is 0.500. The maximum absolute atomic E-state index is 3.65. The van der Waals surface area contributed by atoms with Gasteiger partial charge >= 0.3 is 0 Å². The zero-order valence-corrected chi connectivity index (χ0v) is 10.9. The Labute approximate surface area is 110 Å². The van der Waals surface area contributed by atoms with Gasteiger partial charge in [-0.05, 0) is 24.0 Å². The van der Waals surface area contributed by atoms with Crippen LogP contribution in [0.1, 0.15) is 24.8 Å². The van der Waals surface area contributed by atoms with Gasteiger partial charge in [-0.15, -0.1) is 0 Å². The van der Waals surface area contributed by atoms with Crippen LogP contribution >= 0.6 is 0 Å². The maximum Gasteiger partial charge on any atom is 0.0240 e. The zero-order chi connectivity index (χ0) is 12.2. The van der Waals surface area contributed by atoms with Gasteiger partial charge in [-0.1, -0.05) is 42.8 Å². The molecule has 0 radical (unpaired) electrons. The number of rotatable bonds is 5. The smallest absolute Gasteiger partial charge is 0.0240 e. The van der Waals surface area contributed by atoms with Gasteiger partial charge in [0.15, 0.2) is 0 Å². The van der Waals surface area contributed by atoms with E-state index in [9.17, 15) is 0 Å². The molecule has 0 aromatic heterocycles. The summed E-state index contributed by atoms with van der Waals surface area (Å²) in [5, 5.41) is 3.65. The molecule has 1 aromatic rings. The normalized spacial score (nSPS) is 20.8. The number of hydrogen-bond acceptors (Lipinski definition) is 2. The molecular formula is C16H22N2. The third-order valence-corrected chi connectivity index (χ3v) is 4.04. The summed E-state index contributed by atoms with van der Waals surface area (Å²) in [5.41, 5.74) is 2.98. The van der Waals surface area contributed by atoms with Crippen LogP contribution in [0.25, 0.3) is 0 Å². The van der Waals surface area contributed by atoms with Gasteiger partial charge in [-0.25, -0.2) is 0 Å². The minimum absolute atomic E-state index is 0.800.